The van der Waals surface area contributed by atoms with Crippen molar-refractivity contribution in [1.29, 1.82) is 5.26 Å². The van der Waals surface area contributed by atoms with Gasteiger partial charge in [-0.05, 0) is 67.5 Å². The minimum atomic E-state index is -4.12. The van der Waals surface area contributed by atoms with Crippen LogP contribution in [0.4, 0.5) is 4.79 Å². The van der Waals surface area contributed by atoms with E-state index in [4.69, 9.17) is 4.74 Å². The van der Waals surface area contributed by atoms with Crippen molar-refractivity contribution in [2.75, 3.05) is 32.8 Å². The van der Waals surface area contributed by atoms with E-state index in [1.54, 1.807) is 62.1 Å². The summed E-state index contributed by atoms with van der Waals surface area (Å²) in [5.41, 5.74) is 5.27. The van der Waals surface area contributed by atoms with Crippen LogP contribution in [0, 0.1) is 11.3 Å². The Kier molecular flexibility index (Phi) is 9.57. The number of rotatable bonds is 8. The summed E-state index contributed by atoms with van der Waals surface area (Å²) in [5.74, 6) is -0.496. The molecule has 0 aromatic heterocycles. The zero-order valence-electron chi connectivity index (χ0n) is 24.7. The van der Waals surface area contributed by atoms with E-state index in [-0.39, 0.29) is 55.9 Å². The highest BCUT2D eigenvalue weighted by Crippen LogP contribution is 2.46. The van der Waals surface area contributed by atoms with Crippen LogP contribution in [-0.2, 0) is 26.0 Å². The van der Waals surface area contributed by atoms with Crippen molar-refractivity contribution in [1.82, 2.24) is 19.6 Å². The fourth-order valence-electron chi connectivity index (χ4n) is 5.76. The highest BCUT2D eigenvalue weighted by Gasteiger charge is 2.49. The zero-order chi connectivity index (χ0) is 30.8. The average Bonchev–Trinajstić information content (AvgIpc) is 3.19. The third-order valence-electron chi connectivity index (χ3n) is 8.05. The van der Waals surface area contributed by atoms with Crippen LogP contribution in [-0.4, -0.2) is 78.6 Å². The maximum absolute atomic E-state index is 14.4. The number of carbonyl (C=O) groups is 2. The van der Waals surface area contributed by atoms with Gasteiger partial charge in [0.2, 0.25) is 15.9 Å². The van der Waals surface area contributed by atoms with Crippen LogP contribution in [0.15, 0.2) is 41.3 Å². The van der Waals surface area contributed by atoms with E-state index in [0.29, 0.717) is 22.3 Å². The molecule has 2 aliphatic rings. The summed E-state index contributed by atoms with van der Waals surface area (Å²) in [6, 6.07) is 10.3. The summed E-state index contributed by atoms with van der Waals surface area (Å²) in [5, 5.41) is 19.0. The molecule has 2 aromatic carbocycles. The lowest BCUT2D eigenvalue weighted by Crippen LogP contribution is -2.56. The topological polar surface area (TPSA) is 143 Å². The predicted molar refractivity (Wildman–Crippen MR) is 155 cm³/mol. The van der Waals surface area contributed by atoms with Crippen molar-refractivity contribution in [2.24, 2.45) is 0 Å². The molecule has 3 atom stereocenters. The van der Waals surface area contributed by atoms with Crippen LogP contribution in [0.2, 0.25) is 0 Å². The van der Waals surface area contributed by atoms with Crippen LogP contribution in [0.3, 0.4) is 0 Å². The fourth-order valence-corrected chi connectivity index (χ4v) is 8.12. The first kappa shape index (κ1) is 31.4. The Morgan fingerprint density at radius 2 is 1.79 bits per heavy atom. The molecule has 0 bridgehead atoms. The summed E-state index contributed by atoms with van der Waals surface area (Å²) >= 11 is 0. The monoisotopic (exact) mass is 597 g/mol. The molecule has 0 saturated carbocycles. The molecule has 1 saturated heterocycles. The minimum absolute atomic E-state index is 0.0719. The Morgan fingerprint density at radius 1 is 1.12 bits per heavy atom. The number of piperazine rings is 1. The maximum Gasteiger partial charge on any atom is 0.409 e. The van der Waals surface area contributed by atoms with Gasteiger partial charge in [-0.3, -0.25) is 4.79 Å². The molecule has 2 amide bonds. The van der Waals surface area contributed by atoms with Crippen LogP contribution in [0.1, 0.15) is 80.4 Å². The summed E-state index contributed by atoms with van der Waals surface area (Å²) in [7, 11) is -4.12. The molecule has 11 nitrogen and oxygen atoms in total. The molecular formula is C30H39N5O6S. The number of sulfonamides is 1. The lowest BCUT2D eigenvalue weighted by Gasteiger charge is -2.38. The number of carbonyl (C=O) groups excluding carboxylic acids is 2. The fraction of sp³-hybridized carbons (Fsp3) is 0.500. The van der Waals surface area contributed by atoms with Gasteiger partial charge < -0.3 is 19.7 Å². The first-order chi connectivity index (χ1) is 19.9. The van der Waals surface area contributed by atoms with E-state index in [2.05, 4.69) is 11.5 Å². The molecule has 0 radical (unpaired) electrons. The van der Waals surface area contributed by atoms with Crippen LogP contribution in [0.25, 0.3) is 0 Å². The van der Waals surface area contributed by atoms with Gasteiger partial charge >= 0.3 is 6.09 Å². The van der Waals surface area contributed by atoms with Gasteiger partial charge in [-0.2, -0.15) is 15.0 Å². The molecule has 2 unspecified atom stereocenters. The molecular weight excluding hydrogens is 558 g/mol. The molecule has 12 heteroatoms. The number of benzene rings is 2. The Bertz CT molecular complexity index is 1480. The van der Waals surface area contributed by atoms with Gasteiger partial charge in [0.15, 0.2) is 0 Å². The smallest absolute Gasteiger partial charge is 0.409 e. The molecule has 4 rings (SSSR count). The number of hydroxylamine groups is 1. The van der Waals surface area contributed by atoms with E-state index in [1.807, 2.05) is 13.8 Å². The molecule has 2 N–H and O–H groups in total. The maximum atomic E-state index is 14.4. The van der Waals surface area contributed by atoms with Crippen LogP contribution < -0.4 is 5.48 Å². The lowest BCUT2D eigenvalue weighted by molar-refractivity contribution is -0.137. The van der Waals surface area contributed by atoms with Crippen molar-refractivity contribution < 1.29 is 28.0 Å². The Morgan fingerprint density at radius 3 is 2.38 bits per heavy atom. The second-order valence-corrected chi connectivity index (χ2v) is 12.9. The van der Waals surface area contributed by atoms with Gasteiger partial charge in [0, 0.05) is 32.2 Å². The highest BCUT2D eigenvalue weighted by molar-refractivity contribution is 7.89. The normalized spacial score (nSPS) is 19.7. The molecule has 226 valence electrons. The molecule has 2 aliphatic heterocycles. The first-order valence-corrected chi connectivity index (χ1v) is 15.7. The molecule has 1 fully saturated rings. The number of amides is 2. The van der Waals surface area contributed by atoms with E-state index >= 15 is 0 Å². The van der Waals surface area contributed by atoms with E-state index in [1.165, 1.54) is 9.21 Å². The average molecular weight is 598 g/mol. The number of hydrogen-bond acceptors (Lipinski definition) is 8. The molecule has 2 aromatic rings. The van der Waals surface area contributed by atoms with Crippen molar-refractivity contribution >= 4 is 22.0 Å². The van der Waals surface area contributed by atoms with Gasteiger partial charge in [-0.1, -0.05) is 38.1 Å². The van der Waals surface area contributed by atoms with Gasteiger partial charge in [-0.25, -0.2) is 13.2 Å². The number of ether oxygens (including phenoxy) is 1. The Balaban J connectivity index is 1.76. The standard InChI is InChI=1S/C30H39N5O6S/c1-6-41-30(37)34-12-10-33(11-13-34)29(36)27(15-22-8-7-9-23(14-22)18-31)35-21(5)26-17-24(20(4)32-38)16-25(19(2)3)28(26)42(35,39)40/h7-9,14,16-17,19-21,27,32,38H,6,10-13,15H2,1-5H3/t20?,21?,27-/m0/s1. The van der Waals surface area contributed by atoms with Gasteiger partial charge in [0.05, 0.1) is 29.2 Å². The predicted octanol–water partition coefficient (Wildman–Crippen LogP) is 3.70. The van der Waals surface area contributed by atoms with E-state index in [0.717, 1.165) is 5.56 Å². The summed E-state index contributed by atoms with van der Waals surface area (Å²) in [4.78, 5) is 29.8. The Hall–Kier alpha value is -3.50. The van der Waals surface area contributed by atoms with Crippen LogP contribution in [0.5, 0.6) is 0 Å². The molecule has 0 spiro atoms. The van der Waals surface area contributed by atoms with Crippen molar-refractivity contribution in [3.63, 3.8) is 0 Å². The number of nitrogens with zero attached hydrogens (tertiary/aromatic N) is 4. The Labute approximate surface area is 247 Å². The SMILES string of the molecule is CCOC(=O)N1CCN(C(=O)[C@H](Cc2cccc(C#N)c2)N2C(C)c3cc(C(C)NO)cc(C(C)C)c3S2(=O)=O)CC1. The summed E-state index contributed by atoms with van der Waals surface area (Å²) < 4.78 is 35.2. The number of fused-ring (bicyclic) bond motifs is 1. The number of nitrogens with one attached hydrogen (secondary N) is 1. The molecule has 2 heterocycles. The summed E-state index contributed by atoms with van der Waals surface area (Å²) in [6.45, 7) is 10.4. The number of nitriles is 1. The minimum Gasteiger partial charge on any atom is -0.450 e. The first-order valence-electron chi connectivity index (χ1n) is 14.2. The van der Waals surface area contributed by atoms with E-state index in [9.17, 15) is 28.5 Å². The quantitative estimate of drug-likeness (QED) is 0.439. The lowest BCUT2D eigenvalue weighted by atomic mass is 9.92. The third-order valence-corrected chi connectivity index (χ3v) is 10.2. The van der Waals surface area contributed by atoms with Gasteiger partial charge in [0.1, 0.15) is 6.04 Å². The highest BCUT2D eigenvalue weighted by atomic mass is 32.2. The van der Waals surface area contributed by atoms with Crippen LogP contribution >= 0.6 is 0 Å². The summed E-state index contributed by atoms with van der Waals surface area (Å²) in [6.07, 6.45) is -0.369. The van der Waals surface area contributed by atoms with Crippen molar-refractivity contribution in [2.45, 2.75) is 70.0 Å². The van der Waals surface area contributed by atoms with Crippen molar-refractivity contribution in [3.8, 4) is 6.07 Å². The van der Waals surface area contributed by atoms with E-state index < -0.39 is 34.2 Å². The third kappa shape index (κ3) is 6.01. The van der Waals surface area contributed by atoms with Crippen molar-refractivity contribution in [3.05, 3.63) is 64.2 Å². The number of hydrogen-bond donors (Lipinski definition) is 2. The largest absolute Gasteiger partial charge is 0.450 e. The second-order valence-electron chi connectivity index (χ2n) is 11.1. The molecule has 0 aliphatic carbocycles. The van der Waals surface area contributed by atoms with Gasteiger partial charge in [-0.15, -0.1) is 0 Å². The zero-order valence-corrected chi connectivity index (χ0v) is 25.5. The van der Waals surface area contributed by atoms with Gasteiger partial charge in [0.25, 0.3) is 0 Å². The molecule has 42 heavy (non-hydrogen) atoms. The second kappa shape index (κ2) is 12.8.